The monoisotopic (exact) mass is 369 g/mol. The zero-order valence-electron chi connectivity index (χ0n) is 16.9. The molecule has 1 fully saturated rings. The fourth-order valence-electron chi connectivity index (χ4n) is 3.40. The first-order valence-corrected chi connectivity index (χ1v) is 10.0. The molecule has 0 amide bonds. The minimum absolute atomic E-state index is 0.251. The summed E-state index contributed by atoms with van der Waals surface area (Å²) in [6, 6.07) is 6.77. The van der Waals surface area contributed by atoms with E-state index < -0.39 is 0 Å². The molecule has 0 atom stereocenters. The molecule has 0 spiro atoms. The van der Waals surface area contributed by atoms with Gasteiger partial charge in [-0.1, -0.05) is 44.7 Å². The van der Waals surface area contributed by atoms with Crippen molar-refractivity contribution in [2.24, 2.45) is 4.99 Å². The van der Waals surface area contributed by atoms with Crippen LogP contribution in [0.4, 0.5) is 4.39 Å². The van der Waals surface area contributed by atoms with Crippen molar-refractivity contribution in [1.29, 1.82) is 0 Å². The molecule has 1 aromatic rings. The molecular weight excluding hydrogens is 337 g/mol. The summed E-state index contributed by atoms with van der Waals surface area (Å²) >= 11 is 0. The lowest BCUT2D eigenvalue weighted by molar-refractivity contribution is 0.336. The van der Waals surface area contributed by atoms with Crippen LogP contribution in [0.5, 0.6) is 0 Å². The number of allylic oxidation sites excluding steroid dienone is 3. The fraction of sp³-hybridized carbons (Fsp3) is 0.435. The Kier molecular flexibility index (Phi) is 8.46. The second-order valence-corrected chi connectivity index (χ2v) is 6.60. The molecule has 0 bridgehead atoms. The van der Waals surface area contributed by atoms with Crippen molar-refractivity contribution in [1.82, 2.24) is 9.80 Å². The standard InChI is InChI=1S/C21H26FN3.C2H6/c1-3-18(19-10-4-5-11-20(19)22)21-23-17(12-16-24(21)2)9-8-15-25-13-6-7-14-25;1-2/h3-5,10-12,16H,1,6-9,13-15H2,2H3;1-2H3/b21-18+;. The summed E-state index contributed by atoms with van der Waals surface area (Å²) in [5.74, 6) is 0.498. The van der Waals surface area contributed by atoms with E-state index in [-0.39, 0.29) is 5.82 Å². The van der Waals surface area contributed by atoms with Crippen LogP contribution in [0.1, 0.15) is 45.1 Å². The molecule has 3 rings (SSSR count). The van der Waals surface area contributed by atoms with Gasteiger partial charge in [0.25, 0.3) is 0 Å². The minimum Gasteiger partial charge on any atom is -0.336 e. The highest BCUT2D eigenvalue weighted by Crippen LogP contribution is 2.27. The molecule has 2 aliphatic heterocycles. The number of rotatable bonds is 6. The average molecular weight is 370 g/mol. The molecule has 1 aromatic carbocycles. The quantitative estimate of drug-likeness (QED) is 0.661. The topological polar surface area (TPSA) is 18.8 Å². The van der Waals surface area contributed by atoms with Gasteiger partial charge in [-0.3, -0.25) is 0 Å². The van der Waals surface area contributed by atoms with Crippen LogP contribution in [-0.2, 0) is 0 Å². The Morgan fingerprint density at radius 3 is 2.59 bits per heavy atom. The molecule has 2 heterocycles. The Morgan fingerprint density at radius 1 is 1.22 bits per heavy atom. The van der Waals surface area contributed by atoms with Gasteiger partial charge in [-0.2, -0.15) is 0 Å². The zero-order chi connectivity index (χ0) is 19.6. The van der Waals surface area contributed by atoms with Crippen LogP contribution in [-0.4, -0.2) is 42.2 Å². The van der Waals surface area contributed by atoms with Gasteiger partial charge in [0.15, 0.2) is 0 Å². The first kappa shape index (κ1) is 21.1. The molecule has 27 heavy (non-hydrogen) atoms. The van der Waals surface area contributed by atoms with Gasteiger partial charge in [-0.15, -0.1) is 0 Å². The predicted molar refractivity (Wildman–Crippen MR) is 114 cm³/mol. The smallest absolute Gasteiger partial charge is 0.140 e. The largest absolute Gasteiger partial charge is 0.336 e. The third kappa shape index (κ3) is 5.64. The number of hydrogen-bond donors (Lipinski definition) is 0. The third-order valence-electron chi connectivity index (χ3n) is 4.79. The molecule has 3 nitrogen and oxygen atoms in total. The number of hydrogen-bond acceptors (Lipinski definition) is 3. The first-order valence-electron chi connectivity index (χ1n) is 10.0. The van der Waals surface area contributed by atoms with Crippen molar-refractivity contribution >= 4 is 11.3 Å². The van der Waals surface area contributed by atoms with E-state index in [4.69, 9.17) is 4.99 Å². The normalized spacial score (nSPS) is 18.7. The third-order valence-corrected chi connectivity index (χ3v) is 4.79. The van der Waals surface area contributed by atoms with Gasteiger partial charge >= 0.3 is 0 Å². The number of benzene rings is 1. The van der Waals surface area contributed by atoms with Crippen LogP contribution in [0.15, 0.2) is 60.0 Å². The lowest BCUT2D eigenvalue weighted by atomic mass is 10.0. The van der Waals surface area contributed by atoms with Crippen LogP contribution in [0, 0.1) is 5.82 Å². The van der Waals surface area contributed by atoms with Crippen LogP contribution >= 0.6 is 0 Å². The summed E-state index contributed by atoms with van der Waals surface area (Å²) < 4.78 is 14.2. The Morgan fingerprint density at radius 2 is 1.93 bits per heavy atom. The molecule has 2 aliphatic rings. The summed E-state index contributed by atoms with van der Waals surface area (Å²) in [5, 5.41) is 0. The van der Waals surface area contributed by atoms with E-state index in [1.54, 1.807) is 18.2 Å². The lowest BCUT2D eigenvalue weighted by Crippen LogP contribution is -2.22. The maximum atomic E-state index is 14.2. The maximum absolute atomic E-state index is 14.2. The highest BCUT2D eigenvalue weighted by Gasteiger charge is 2.17. The number of nitrogens with zero attached hydrogens (tertiary/aromatic N) is 3. The van der Waals surface area contributed by atoms with Crippen molar-refractivity contribution in [3.63, 3.8) is 0 Å². The molecule has 4 heteroatoms. The molecule has 0 saturated carbocycles. The van der Waals surface area contributed by atoms with E-state index in [0.29, 0.717) is 5.56 Å². The van der Waals surface area contributed by atoms with E-state index in [2.05, 4.69) is 17.6 Å². The molecular formula is C23H32FN3. The molecule has 0 aliphatic carbocycles. The van der Waals surface area contributed by atoms with Gasteiger partial charge in [0.2, 0.25) is 0 Å². The van der Waals surface area contributed by atoms with Gasteiger partial charge in [0.1, 0.15) is 11.6 Å². The van der Waals surface area contributed by atoms with Crippen molar-refractivity contribution < 1.29 is 4.39 Å². The highest BCUT2D eigenvalue weighted by molar-refractivity contribution is 5.97. The van der Waals surface area contributed by atoms with Gasteiger partial charge in [0.05, 0.1) is 0 Å². The molecule has 0 N–H and O–H groups in total. The highest BCUT2D eigenvalue weighted by atomic mass is 19.1. The van der Waals surface area contributed by atoms with Crippen LogP contribution in [0.2, 0.25) is 0 Å². The molecule has 0 radical (unpaired) electrons. The second kappa shape index (κ2) is 10.8. The fourth-order valence-corrected chi connectivity index (χ4v) is 3.40. The van der Waals surface area contributed by atoms with Gasteiger partial charge in [-0.05, 0) is 57.5 Å². The zero-order valence-corrected chi connectivity index (χ0v) is 16.9. The SMILES string of the molecule is C=C/C(=C1/N=C(CCCN2CCCC2)C=CN1C)c1ccccc1F.CC. The lowest BCUT2D eigenvalue weighted by Gasteiger charge is -2.23. The number of halogens is 1. The Balaban J connectivity index is 0.00000126. The maximum Gasteiger partial charge on any atom is 0.140 e. The van der Waals surface area contributed by atoms with Crippen molar-refractivity contribution in [2.45, 2.75) is 39.5 Å². The molecule has 0 unspecified atom stereocenters. The average Bonchev–Trinajstić information content (AvgIpc) is 3.21. The Hall–Kier alpha value is -2.20. The molecule has 1 saturated heterocycles. The number of likely N-dealkylation sites (tertiary alicyclic amines) is 1. The second-order valence-electron chi connectivity index (χ2n) is 6.60. The summed E-state index contributed by atoms with van der Waals surface area (Å²) in [5.41, 5.74) is 2.31. The van der Waals surface area contributed by atoms with E-state index in [1.165, 1.54) is 32.0 Å². The minimum atomic E-state index is -0.251. The predicted octanol–water partition coefficient (Wildman–Crippen LogP) is 5.48. The van der Waals surface area contributed by atoms with Gasteiger partial charge < -0.3 is 9.80 Å². The van der Waals surface area contributed by atoms with E-state index in [0.717, 1.165) is 36.5 Å². The summed E-state index contributed by atoms with van der Waals surface area (Å²) in [6.45, 7) is 11.5. The molecule has 146 valence electrons. The van der Waals surface area contributed by atoms with E-state index >= 15 is 0 Å². The van der Waals surface area contributed by atoms with Crippen LogP contribution in [0.25, 0.3) is 5.57 Å². The van der Waals surface area contributed by atoms with Gasteiger partial charge in [0, 0.05) is 30.1 Å². The Bertz CT molecular complexity index is 712. The summed E-state index contributed by atoms with van der Waals surface area (Å²) in [4.78, 5) is 9.24. The van der Waals surface area contributed by atoms with Crippen molar-refractivity contribution in [2.75, 3.05) is 26.7 Å². The summed E-state index contributed by atoms with van der Waals surface area (Å²) in [6.07, 6.45) is 10.4. The van der Waals surface area contributed by atoms with Crippen LogP contribution < -0.4 is 0 Å². The van der Waals surface area contributed by atoms with E-state index in [1.807, 2.05) is 38.1 Å². The van der Waals surface area contributed by atoms with Crippen LogP contribution in [0.3, 0.4) is 0 Å². The molecule has 0 aromatic heterocycles. The van der Waals surface area contributed by atoms with Crippen molar-refractivity contribution in [3.8, 4) is 0 Å². The van der Waals surface area contributed by atoms with Crippen molar-refractivity contribution in [3.05, 3.63) is 66.4 Å². The van der Waals surface area contributed by atoms with E-state index in [9.17, 15) is 4.39 Å². The Labute approximate surface area is 163 Å². The first-order chi connectivity index (χ1) is 13.2. The number of aliphatic imine (C=N–C) groups is 1. The summed E-state index contributed by atoms with van der Waals surface area (Å²) in [7, 11) is 1.93. The van der Waals surface area contributed by atoms with Gasteiger partial charge in [-0.25, -0.2) is 9.38 Å².